The Balaban J connectivity index is 1.15. The van der Waals surface area contributed by atoms with E-state index < -0.39 is 6.85 Å². The fourth-order valence-corrected chi connectivity index (χ4v) is 14.5. The number of aryl methyl sites for hydroxylation is 3. The van der Waals surface area contributed by atoms with Crippen molar-refractivity contribution in [1.29, 1.82) is 0 Å². The quantitative estimate of drug-likeness (QED) is 0.160. The Morgan fingerprint density at radius 1 is 0.475 bits per heavy atom. The lowest BCUT2D eigenvalue weighted by Gasteiger charge is -2.48. The summed E-state index contributed by atoms with van der Waals surface area (Å²) in [6.45, 7) is 34.8. The molecule has 2 aliphatic heterocycles. The van der Waals surface area contributed by atoms with Gasteiger partial charge < -0.3 is 19.1 Å². The molecule has 0 saturated carbocycles. The lowest BCUT2D eigenvalue weighted by atomic mass is 9.33. The number of furan rings is 1. The zero-order valence-corrected chi connectivity index (χ0v) is 50.4. The molecule has 4 nitrogen and oxygen atoms in total. The summed E-state index contributed by atoms with van der Waals surface area (Å²) < 4.78 is 34.7. The fraction of sp³-hybridized carbons (Fsp3) is 0.360. The highest BCUT2D eigenvalue weighted by Gasteiger charge is 2.48. The Morgan fingerprint density at radius 2 is 0.988 bits per heavy atom. The van der Waals surface area contributed by atoms with E-state index in [2.05, 4.69) is 241 Å². The molecule has 2 aliphatic carbocycles. The number of fused-ring (bicyclic) bond motifs is 9. The maximum atomic E-state index is 9.38. The van der Waals surface area contributed by atoms with Crippen LogP contribution in [0, 0.1) is 20.7 Å². The molecule has 0 radical (unpaired) electrons. The van der Waals surface area contributed by atoms with Gasteiger partial charge in [-0.3, -0.25) is 0 Å². The van der Waals surface area contributed by atoms with Crippen molar-refractivity contribution in [3.63, 3.8) is 0 Å². The first-order chi connectivity index (χ1) is 38.8. The van der Waals surface area contributed by atoms with E-state index in [0.29, 0.717) is 5.56 Å². The van der Waals surface area contributed by atoms with E-state index in [1.807, 2.05) is 24.3 Å². The third-order valence-electron chi connectivity index (χ3n) is 19.6. The largest absolute Gasteiger partial charge is 0.456 e. The third kappa shape index (κ3) is 8.13. The van der Waals surface area contributed by atoms with Gasteiger partial charge in [0.15, 0.2) is 0 Å². The van der Waals surface area contributed by atoms with Crippen LogP contribution < -0.4 is 31.1 Å². The number of hydrogen-bond acceptors (Lipinski definition) is 4. The summed E-state index contributed by atoms with van der Waals surface area (Å²) in [6, 6.07) is 52.2. The average molecular weight is 1060 g/mol. The molecule has 4 aliphatic rings. The number of hydrogen-bond donors (Lipinski definition) is 0. The summed E-state index contributed by atoms with van der Waals surface area (Å²) in [4.78, 5) is 7.32. The zero-order valence-electron chi connectivity index (χ0n) is 53.4. The topological polar surface area (TPSA) is 22.9 Å². The van der Waals surface area contributed by atoms with E-state index in [1.54, 1.807) is 0 Å². The van der Waals surface area contributed by atoms with Gasteiger partial charge in [-0.1, -0.05) is 158 Å². The lowest BCUT2D eigenvalue weighted by molar-refractivity contribution is 0.332. The van der Waals surface area contributed by atoms with Crippen molar-refractivity contribution in [2.24, 2.45) is 0 Å². The van der Waals surface area contributed by atoms with E-state index in [-0.39, 0.29) is 39.2 Å². The molecule has 1 aromatic heterocycles. The molecule has 9 aromatic rings. The zero-order chi connectivity index (χ0) is 59.0. The molecular weight excluding hydrogens is 970 g/mol. The molecule has 0 N–H and O–H groups in total. The van der Waals surface area contributed by atoms with Gasteiger partial charge >= 0.3 is 0 Å². The van der Waals surface area contributed by atoms with Crippen LogP contribution in [0.4, 0.5) is 51.2 Å². The molecule has 0 atom stereocenters. The fourth-order valence-electron chi connectivity index (χ4n) is 14.5. The van der Waals surface area contributed by atoms with Gasteiger partial charge in [-0.15, -0.1) is 0 Å². The Bertz CT molecular complexity index is 4120. The summed E-state index contributed by atoms with van der Waals surface area (Å²) in [6.07, 6.45) is 4.36. The van der Waals surface area contributed by atoms with Crippen molar-refractivity contribution >= 4 is 96.2 Å². The Kier molecular flexibility index (Phi) is 10.7. The van der Waals surface area contributed by atoms with Crippen molar-refractivity contribution in [2.75, 3.05) is 14.7 Å². The minimum Gasteiger partial charge on any atom is -0.456 e. The van der Waals surface area contributed by atoms with Gasteiger partial charge in [0.25, 0.3) is 6.71 Å². The second-order valence-electron chi connectivity index (χ2n) is 29.1. The van der Waals surface area contributed by atoms with E-state index in [9.17, 15) is 4.11 Å². The minimum atomic E-state index is -2.43. The van der Waals surface area contributed by atoms with Crippen LogP contribution >= 0.6 is 0 Å². The average Bonchev–Trinajstić information content (AvgIpc) is 2.20. The van der Waals surface area contributed by atoms with Crippen LogP contribution in [0.5, 0.6) is 0 Å². The van der Waals surface area contributed by atoms with Crippen molar-refractivity contribution in [3.05, 3.63) is 190 Å². The summed E-state index contributed by atoms with van der Waals surface area (Å²) in [5.41, 5.74) is 24.8. The summed E-state index contributed by atoms with van der Waals surface area (Å²) in [5, 5.41) is 2.04. The van der Waals surface area contributed by atoms with Crippen molar-refractivity contribution in [2.45, 2.75) is 176 Å². The molecule has 0 fully saturated rings. The van der Waals surface area contributed by atoms with Gasteiger partial charge in [0.2, 0.25) is 0 Å². The normalized spacial score (nSPS) is 18.1. The summed E-state index contributed by atoms with van der Waals surface area (Å²) >= 11 is 0. The highest BCUT2D eigenvalue weighted by atomic mass is 16.3. The molecule has 0 spiro atoms. The summed E-state index contributed by atoms with van der Waals surface area (Å²) in [7, 11) is 0. The number of benzene rings is 8. The first-order valence-corrected chi connectivity index (χ1v) is 29.5. The SMILES string of the molecule is [2H]C([2H])([2H])c1cc2c3c(c1)N(c1ccc4c(c1)C(C)(C)CCC4(C)C)c1cc4c(cc1B3c1ccc(N(c3ccc(C(C)(C)C)cc3C)c3ccc(C(C)(C)C)cc3C)cc1N2c1ccc2oc3ccccc3c2c1)C(C)(C)CCC4(C)C. The Labute approximate surface area is 482 Å². The molecule has 13 rings (SSSR count). The van der Waals surface area contributed by atoms with Crippen LogP contribution in [-0.4, -0.2) is 6.71 Å². The van der Waals surface area contributed by atoms with Crippen LogP contribution in [0.3, 0.4) is 0 Å². The highest BCUT2D eigenvalue weighted by Crippen LogP contribution is 2.54. The first-order valence-electron chi connectivity index (χ1n) is 31.0. The second-order valence-corrected chi connectivity index (χ2v) is 29.1. The second kappa shape index (κ2) is 17.5. The molecule has 406 valence electrons. The highest BCUT2D eigenvalue weighted by molar-refractivity contribution is 7.00. The van der Waals surface area contributed by atoms with Gasteiger partial charge in [0, 0.05) is 66.1 Å². The van der Waals surface area contributed by atoms with Crippen LogP contribution in [0.1, 0.15) is 177 Å². The maximum absolute atomic E-state index is 9.38. The van der Waals surface area contributed by atoms with Crippen LogP contribution in [0.2, 0.25) is 0 Å². The monoisotopic (exact) mass is 1050 g/mol. The van der Waals surface area contributed by atoms with Gasteiger partial charge in [-0.05, 0) is 224 Å². The summed E-state index contributed by atoms with van der Waals surface area (Å²) in [5.74, 6) is 0. The van der Waals surface area contributed by atoms with E-state index >= 15 is 0 Å². The van der Waals surface area contributed by atoms with E-state index in [0.717, 1.165) is 104 Å². The van der Waals surface area contributed by atoms with Crippen molar-refractivity contribution < 1.29 is 8.53 Å². The molecule has 0 amide bonds. The van der Waals surface area contributed by atoms with Crippen LogP contribution in [-0.2, 0) is 32.5 Å². The predicted molar refractivity (Wildman–Crippen MR) is 345 cm³/mol. The standard InChI is InChI=1S/C75H82BN3O/c1-45-36-65-69-66(37-45)79(51-24-27-55-56(41-51)73(12,13)33-32-72(55,10)11)64-44-58-57(74(14,15)34-35-75(58,16)17)43-60(64)76(69)59-28-25-52(42-63(59)78(65)50-26-31-68-54(40-50)53-20-18-19-21-67(53)80-68)77(61-29-22-48(38-46(61)2)70(4,5)6)62-30-23-49(39-47(62)3)71(7,8)9/h18-31,36-44H,32-35H2,1-17H3/i1D3. The van der Waals surface area contributed by atoms with E-state index in [1.165, 1.54) is 55.4 Å². The molecule has 0 bridgehead atoms. The number of rotatable bonds is 5. The van der Waals surface area contributed by atoms with Gasteiger partial charge in [0.1, 0.15) is 11.2 Å². The molecular formula is C75H82BN3O. The number of nitrogens with zero attached hydrogens (tertiary/aromatic N) is 3. The molecule has 0 saturated heterocycles. The first kappa shape index (κ1) is 48.9. The van der Waals surface area contributed by atoms with Crippen molar-refractivity contribution in [3.8, 4) is 0 Å². The Hall–Kier alpha value is -6.98. The predicted octanol–water partition coefficient (Wildman–Crippen LogP) is 19.4. The van der Waals surface area contributed by atoms with Gasteiger partial charge in [-0.2, -0.15) is 0 Å². The minimum absolute atomic E-state index is 0.0203. The third-order valence-corrected chi connectivity index (χ3v) is 19.6. The van der Waals surface area contributed by atoms with E-state index in [4.69, 9.17) is 4.42 Å². The number of para-hydroxylation sites is 1. The smallest absolute Gasteiger partial charge is 0.252 e. The molecule has 0 unspecified atom stereocenters. The van der Waals surface area contributed by atoms with Crippen molar-refractivity contribution in [1.82, 2.24) is 0 Å². The molecule has 8 aromatic carbocycles. The molecule has 5 heteroatoms. The lowest BCUT2D eigenvalue weighted by Crippen LogP contribution is -2.62. The van der Waals surface area contributed by atoms with Crippen LogP contribution in [0.15, 0.2) is 144 Å². The number of anilines is 9. The maximum Gasteiger partial charge on any atom is 0.252 e. The van der Waals surface area contributed by atoms with Gasteiger partial charge in [0.05, 0.1) is 0 Å². The van der Waals surface area contributed by atoms with Crippen LogP contribution in [0.25, 0.3) is 21.9 Å². The van der Waals surface area contributed by atoms with Gasteiger partial charge in [-0.25, -0.2) is 0 Å². The molecule has 3 heterocycles. The Morgan fingerprint density at radius 3 is 1.56 bits per heavy atom. The molecule has 80 heavy (non-hydrogen) atoms.